The molecule has 0 bridgehead atoms. The van der Waals surface area contributed by atoms with Gasteiger partial charge in [0.2, 0.25) is 0 Å². The molecule has 1 heterocycles. The van der Waals surface area contributed by atoms with E-state index in [1.165, 1.54) is 0 Å². The molecule has 0 saturated carbocycles. The first-order chi connectivity index (χ1) is 14.0. The summed E-state index contributed by atoms with van der Waals surface area (Å²) in [5.41, 5.74) is 2.82. The largest absolute Gasteiger partial charge is 0.484 e. The van der Waals surface area contributed by atoms with Gasteiger partial charge in [0.05, 0.1) is 11.3 Å². The minimum atomic E-state index is -0.314. The lowest BCUT2D eigenvalue weighted by Crippen LogP contribution is -2.33. The van der Waals surface area contributed by atoms with Crippen LogP contribution in [0.4, 0.5) is 5.69 Å². The average molecular weight is 415 g/mol. The number of carbonyl (C=O) groups excluding carboxylic acids is 2. The zero-order valence-electron chi connectivity index (χ0n) is 17.0. The van der Waals surface area contributed by atoms with Crippen LogP contribution in [0.1, 0.15) is 47.2 Å². The molecule has 154 valence electrons. The molecule has 0 spiro atoms. The Kier molecular flexibility index (Phi) is 7.15. The van der Waals surface area contributed by atoms with Crippen molar-refractivity contribution < 1.29 is 14.3 Å². The summed E-state index contributed by atoms with van der Waals surface area (Å²) in [5, 5.41) is 3.52. The van der Waals surface area contributed by atoms with E-state index < -0.39 is 0 Å². The number of rotatable bonds is 5. The van der Waals surface area contributed by atoms with Gasteiger partial charge in [0, 0.05) is 18.1 Å². The quantitative estimate of drug-likeness (QED) is 0.749. The van der Waals surface area contributed by atoms with E-state index in [2.05, 4.69) is 5.32 Å². The van der Waals surface area contributed by atoms with E-state index in [1.54, 1.807) is 24.3 Å². The Morgan fingerprint density at radius 1 is 1.03 bits per heavy atom. The first-order valence-corrected chi connectivity index (χ1v) is 10.4. The maximum Gasteiger partial charge on any atom is 0.262 e. The second-order valence-electron chi connectivity index (χ2n) is 7.46. The molecular weight excluding hydrogens is 388 g/mol. The fourth-order valence-corrected chi connectivity index (χ4v) is 3.66. The lowest BCUT2D eigenvalue weighted by Gasteiger charge is -2.22. The number of likely N-dealkylation sites (tertiary alicyclic amines) is 1. The number of hydrogen-bond acceptors (Lipinski definition) is 3. The second-order valence-corrected chi connectivity index (χ2v) is 7.84. The van der Waals surface area contributed by atoms with E-state index in [0.717, 1.165) is 49.9 Å². The lowest BCUT2D eigenvalue weighted by molar-refractivity contribution is -0.118. The van der Waals surface area contributed by atoms with Crippen LogP contribution >= 0.6 is 11.6 Å². The highest BCUT2D eigenvalue weighted by Crippen LogP contribution is 2.26. The molecule has 0 radical (unpaired) electrons. The van der Waals surface area contributed by atoms with Crippen molar-refractivity contribution in [3.8, 4) is 5.75 Å². The third-order valence-corrected chi connectivity index (χ3v) is 5.70. The van der Waals surface area contributed by atoms with Gasteiger partial charge in [0.25, 0.3) is 11.8 Å². The third-order valence-electron chi connectivity index (χ3n) is 5.10. The summed E-state index contributed by atoms with van der Waals surface area (Å²) in [5.74, 6) is 0.243. The summed E-state index contributed by atoms with van der Waals surface area (Å²) in [6, 6.07) is 10.7. The molecule has 2 aromatic carbocycles. The normalized spacial score (nSPS) is 14.2. The maximum absolute atomic E-state index is 13.0. The van der Waals surface area contributed by atoms with Crippen molar-refractivity contribution in [3.63, 3.8) is 0 Å². The van der Waals surface area contributed by atoms with Crippen molar-refractivity contribution in [2.45, 2.75) is 39.5 Å². The van der Waals surface area contributed by atoms with Crippen molar-refractivity contribution in [2.24, 2.45) is 0 Å². The molecule has 0 atom stereocenters. The molecule has 1 fully saturated rings. The van der Waals surface area contributed by atoms with Gasteiger partial charge in [-0.1, -0.05) is 36.6 Å². The van der Waals surface area contributed by atoms with Crippen molar-refractivity contribution in [1.82, 2.24) is 4.90 Å². The van der Waals surface area contributed by atoms with E-state index in [0.29, 0.717) is 22.0 Å². The number of para-hydroxylation sites is 1. The zero-order valence-corrected chi connectivity index (χ0v) is 17.7. The Hall–Kier alpha value is -2.53. The Labute approximate surface area is 177 Å². The number of halogens is 1. The Morgan fingerprint density at radius 3 is 2.31 bits per heavy atom. The van der Waals surface area contributed by atoms with E-state index in [9.17, 15) is 9.59 Å². The van der Waals surface area contributed by atoms with Gasteiger partial charge >= 0.3 is 0 Å². The molecule has 2 amide bonds. The molecule has 1 saturated heterocycles. The monoisotopic (exact) mass is 414 g/mol. The number of hydrogen-bond donors (Lipinski definition) is 1. The summed E-state index contributed by atoms with van der Waals surface area (Å²) >= 11 is 6.17. The molecule has 1 N–H and O–H groups in total. The van der Waals surface area contributed by atoms with Crippen molar-refractivity contribution in [2.75, 3.05) is 25.0 Å². The highest BCUT2D eigenvalue weighted by molar-refractivity contribution is 6.32. The van der Waals surface area contributed by atoms with Crippen LogP contribution < -0.4 is 10.1 Å². The number of nitrogens with one attached hydrogen (secondary N) is 1. The van der Waals surface area contributed by atoms with Gasteiger partial charge in [-0.15, -0.1) is 0 Å². The van der Waals surface area contributed by atoms with E-state index in [1.807, 2.05) is 30.9 Å². The minimum absolute atomic E-state index is 0.0346. The van der Waals surface area contributed by atoms with Crippen LogP contribution in [-0.2, 0) is 4.79 Å². The molecule has 0 aromatic heterocycles. The molecular formula is C23H27ClN2O3. The van der Waals surface area contributed by atoms with Crippen LogP contribution in [0, 0.1) is 13.8 Å². The van der Waals surface area contributed by atoms with Gasteiger partial charge in [-0.2, -0.15) is 0 Å². The Morgan fingerprint density at radius 2 is 1.66 bits per heavy atom. The molecule has 5 nitrogen and oxygen atoms in total. The Balaban J connectivity index is 1.65. The molecule has 29 heavy (non-hydrogen) atoms. The maximum atomic E-state index is 13.0. The summed E-state index contributed by atoms with van der Waals surface area (Å²) in [6.07, 6.45) is 4.36. The summed E-state index contributed by atoms with van der Waals surface area (Å²) in [7, 11) is 0. The molecule has 0 aliphatic carbocycles. The zero-order chi connectivity index (χ0) is 20.8. The van der Waals surface area contributed by atoms with Crippen LogP contribution in [0.5, 0.6) is 5.75 Å². The van der Waals surface area contributed by atoms with E-state index in [4.69, 9.17) is 16.3 Å². The number of aryl methyl sites for hydroxylation is 2. The summed E-state index contributed by atoms with van der Waals surface area (Å²) in [6.45, 7) is 5.17. The predicted octanol–water partition coefficient (Wildman–Crippen LogP) is 4.99. The minimum Gasteiger partial charge on any atom is -0.484 e. The highest BCUT2D eigenvalue weighted by Gasteiger charge is 2.20. The summed E-state index contributed by atoms with van der Waals surface area (Å²) < 4.78 is 5.62. The molecule has 0 unspecified atom stereocenters. The number of amides is 2. The molecule has 2 aromatic rings. The first-order valence-electron chi connectivity index (χ1n) is 10.0. The molecule has 3 rings (SSSR count). The number of ether oxygens (including phenoxy) is 1. The van der Waals surface area contributed by atoms with E-state index in [-0.39, 0.29) is 18.4 Å². The van der Waals surface area contributed by atoms with Gasteiger partial charge in [-0.25, -0.2) is 0 Å². The van der Waals surface area contributed by atoms with Crippen molar-refractivity contribution >= 4 is 29.1 Å². The number of carbonyl (C=O) groups is 2. The lowest BCUT2D eigenvalue weighted by atomic mass is 10.1. The van der Waals surface area contributed by atoms with Gasteiger partial charge in [0.15, 0.2) is 6.61 Å². The standard InChI is InChI=1S/C23H27ClN2O3/c1-16-13-18(14-17(2)22(16)24)29-15-21(27)25-20-10-6-5-9-19(20)23(28)26-11-7-3-4-8-12-26/h5-6,9-10,13-14H,3-4,7-8,11-12,15H2,1-2H3,(H,25,27). The fourth-order valence-electron chi connectivity index (χ4n) is 3.55. The van der Waals surface area contributed by atoms with Crippen molar-refractivity contribution in [1.29, 1.82) is 0 Å². The molecule has 6 heteroatoms. The number of nitrogens with zero attached hydrogens (tertiary/aromatic N) is 1. The first kappa shape index (κ1) is 21.2. The fraction of sp³-hybridized carbons (Fsp3) is 0.391. The van der Waals surface area contributed by atoms with Gasteiger partial charge in [0.1, 0.15) is 5.75 Å². The van der Waals surface area contributed by atoms with Crippen LogP contribution in [0.2, 0.25) is 5.02 Å². The van der Waals surface area contributed by atoms with Crippen LogP contribution in [0.15, 0.2) is 36.4 Å². The number of benzene rings is 2. The van der Waals surface area contributed by atoms with Gasteiger partial charge < -0.3 is 15.0 Å². The topological polar surface area (TPSA) is 58.6 Å². The third kappa shape index (κ3) is 5.51. The summed E-state index contributed by atoms with van der Waals surface area (Å²) in [4.78, 5) is 27.3. The Bertz CT molecular complexity index is 866. The number of anilines is 1. The molecule has 1 aliphatic heterocycles. The SMILES string of the molecule is Cc1cc(OCC(=O)Nc2ccccc2C(=O)N2CCCCCC2)cc(C)c1Cl. The van der Waals surface area contributed by atoms with Crippen LogP contribution in [0.3, 0.4) is 0 Å². The predicted molar refractivity (Wildman–Crippen MR) is 116 cm³/mol. The van der Waals surface area contributed by atoms with Gasteiger partial charge in [-0.3, -0.25) is 9.59 Å². The molecule has 1 aliphatic rings. The smallest absolute Gasteiger partial charge is 0.262 e. The van der Waals surface area contributed by atoms with E-state index >= 15 is 0 Å². The van der Waals surface area contributed by atoms with Crippen LogP contribution in [0.25, 0.3) is 0 Å². The van der Waals surface area contributed by atoms with Crippen molar-refractivity contribution in [3.05, 3.63) is 58.1 Å². The second kappa shape index (κ2) is 9.79. The highest BCUT2D eigenvalue weighted by atomic mass is 35.5. The van der Waals surface area contributed by atoms with Gasteiger partial charge in [-0.05, 0) is 62.1 Å². The average Bonchev–Trinajstić information content (AvgIpc) is 3.00. The van der Waals surface area contributed by atoms with Crippen LogP contribution in [-0.4, -0.2) is 36.4 Å².